The van der Waals surface area contributed by atoms with Gasteiger partial charge in [0, 0.05) is 15.7 Å². The lowest BCUT2D eigenvalue weighted by Crippen LogP contribution is -2.31. The van der Waals surface area contributed by atoms with Crippen LogP contribution in [0.1, 0.15) is 26.3 Å². The molecular formula is C23H16BrN2O4-. The van der Waals surface area contributed by atoms with E-state index in [9.17, 15) is 19.5 Å². The number of amides is 2. The molecule has 0 saturated heterocycles. The van der Waals surface area contributed by atoms with Crippen LogP contribution >= 0.6 is 15.9 Å². The number of nitrogens with one attached hydrogen (secondary N) is 2. The van der Waals surface area contributed by atoms with Gasteiger partial charge in [0.1, 0.15) is 5.70 Å². The number of carbonyl (C=O) groups is 3. The lowest BCUT2D eigenvalue weighted by molar-refractivity contribution is -0.255. The quantitative estimate of drug-likeness (QED) is 0.548. The maximum Gasteiger partial charge on any atom is 0.272 e. The van der Waals surface area contributed by atoms with E-state index in [1.165, 1.54) is 24.3 Å². The molecule has 6 nitrogen and oxygen atoms in total. The summed E-state index contributed by atoms with van der Waals surface area (Å²) < 4.78 is 0.729. The molecule has 0 saturated carbocycles. The van der Waals surface area contributed by atoms with Gasteiger partial charge in [-0.1, -0.05) is 64.5 Å². The van der Waals surface area contributed by atoms with Gasteiger partial charge in [-0.25, -0.2) is 0 Å². The summed E-state index contributed by atoms with van der Waals surface area (Å²) in [5.74, 6) is -2.41. The van der Waals surface area contributed by atoms with Crippen LogP contribution in [0.2, 0.25) is 0 Å². The Balaban J connectivity index is 1.88. The Bertz CT molecular complexity index is 1130. The van der Waals surface area contributed by atoms with E-state index in [2.05, 4.69) is 26.6 Å². The Morgan fingerprint density at radius 2 is 1.53 bits per heavy atom. The molecular weight excluding hydrogens is 448 g/mol. The van der Waals surface area contributed by atoms with E-state index >= 15 is 0 Å². The molecule has 0 aliphatic carbocycles. The molecule has 3 rings (SSSR count). The number of aromatic carboxylic acids is 1. The Morgan fingerprint density at radius 1 is 0.833 bits per heavy atom. The molecule has 0 spiro atoms. The summed E-state index contributed by atoms with van der Waals surface area (Å²) in [5, 5.41) is 16.3. The molecule has 0 unspecified atom stereocenters. The van der Waals surface area contributed by atoms with E-state index in [4.69, 9.17) is 0 Å². The predicted octanol–water partition coefficient (Wildman–Crippen LogP) is 3.22. The Labute approximate surface area is 181 Å². The monoisotopic (exact) mass is 463 g/mol. The maximum absolute atomic E-state index is 12.9. The summed E-state index contributed by atoms with van der Waals surface area (Å²) in [6.45, 7) is 0. The summed E-state index contributed by atoms with van der Waals surface area (Å²) in [7, 11) is 0. The number of rotatable bonds is 6. The molecule has 2 N–H and O–H groups in total. The molecule has 0 fully saturated rings. The molecule has 30 heavy (non-hydrogen) atoms. The smallest absolute Gasteiger partial charge is 0.272 e. The normalized spacial score (nSPS) is 10.9. The van der Waals surface area contributed by atoms with Gasteiger partial charge in [0.2, 0.25) is 0 Å². The second-order valence-corrected chi connectivity index (χ2v) is 7.17. The number of hydrogen-bond acceptors (Lipinski definition) is 4. The van der Waals surface area contributed by atoms with Gasteiger partial charge in [-0.2, -0.15) is 0 Å². The lowest BCUT2D eigenvalue weighted by atomic mass is 10.1. The minimum Gasteiger partial charge on any atom is -0.545 e. The number of carboxylic acids is 1. The van der Waals surface area contributed by atoms with E-state index in [0.717, 1.165) is 4.47 Å². The van der Waals surface area contributed by atoms with Crippen molar-refractivity contribution in [1.29, 1.82) is 0 Å². The second kappa shape index (κ2) is 9.67. The zero-order valence-electron chi connectivity index (χ0n) is 15.6. The average Bonchev–Trinajstić information content (AvgIpc) is 2.74. The summed E-state index contributed by atoms with van der Waals surface area (Å²) >= 11 is 3.32. The third-order valence-corrected chi connectivity index (χ3v) is 4.54. The van der Waals surface area contributed by atoms with Crippen LogP contribution in [0.5, 0.6) is 0 Å². The van der Waals surface area contributed by atoms with Crippen molar-refractivity contribution in [1.82, 2.24) is 5.32 Å². The first-order chi connectivity index (χ1) is 14.4. The molecule has 150 valence electrons. The van der Waals surface area contributed by atoms with E-state index < -0.39 is 17.8 Å². The third-order valence-electron chi connectivity index (χ3n) is 4.05. The van der Waals surface area contributed by atoms with Crippen molar-refractivity contribution >= 4 is 45.5 Å². The van der Waals surface area contributed by atoms with Crippen LogP contribution in [0.15, 0.2) is 89.0 Å². The first-order valence-electron chi connectivity index (χ1n) is 8.89. The molecule has 3 aromatic rings. The third kappa shape index (κ3) is 5.65. The molecule has 2 amide bonds. The van der Waals surface area contributed by atoms with Gasteiger partial charge in [-0.3, -0.25) is 9.59 Å². The first-order valence-corrected chi connectivity index (χ1v) is 9.68. The SMILES string of the molecule is O=C(Nc1cccc(C(=O)[O-])c1)/C(=C/c1ccccc1)NC(=O)c1cccc(Br)c1. The topological polar surface area (TPSA) is 98.3 Å². The first kappa shape index (κ1) is 21.0. The molecule has 3 aromatic carbocycles. The summed E-state index contributed by atoms with van der Waals surface area (Å²) in [5.41, 5.74) is 1.28. The fourth-order valence-electron chi connectivity index (χ4n) is 2.62. The number of anilines is 1. The number of benzene rings is 3. The second-order valence-electron chi connectivity index (χ2n) is 6.26. The maximum atomic E-state index is 12.9. The van der Waals surface area contributed by atoms with Crippen molar-refractivity contribution in [3.8, 4) is 0 Å². The predicted molar refractivity (Wildman–Crippen MR) is 115 cm³/mol. The Morgan fingerprint density at radius 3 is 2.23 bits per heavy atom. The molecule has 0 aliphatic heterocycles. The summed E-state index contributed by atoms with van der Waals surface area (Å²) in [6.07, 6.45) is 1.54. The molecule has 0 radical (unpaired) electrons. The van der Waals surface area contributed by atoms with Crippen LogP contribution in [0.4, 0.5) is 5.69 Å². The molecule has 0 aliphatic rings. The van der Waals surface area contributed by atoms with Crippen molar-refractivity contribution in [3.05, 3.63) is 106 Å². The van der Waals surface area contributed by atoms with Crippen molar-refractivity contribution in [3.63, 3.8) is 0 Å². The molecule has 0 atom stereocenters. The van der Waals surface area contributed by atoms with Gasteiger partial charge in [0.15, 0.2) is 0 Å². The van der Waals surface area contributed by atoms with Gasteiger partial charge >= 0.3 is 0 Å². The Kier molecular flexibility index (Phi) is 6.77. The van der Waals surface area contributed by atoms with E-state index in [0.29, 0.717) is 11.1 Å². The zero-order valence-corrected chi connectivity index (χ0v) is 17.2. The average molecular weight is 464 g/mol. The lowest BCUT2D eigenvalue weighted by Gasteiger charge is -2.12. The van der Waals surface area contributed by atoms with Gasteiger partial charge in [0.25, 0.3) is 11.8 Å². The number of carbonyl (C=O) groups excluding carboxylic acids is 3. The molecule has 7 heteroatoms. The van der Waals surface area contributed by atoms with E-state index in [-0.39, 0.29) is 16.9 Å². The van der Waals surface area contributed by atoms with Crippen LogP contribution in [-0.2, 0) is 4.79 Å². The summed E-state index contributed by atoms with van der Waals surface area (Å²) in [6, 6.07) is 21.5. The van der Waals surface area contributed by atoms with Crippen LogP contribution in [0.25, 0.3) is 6.08 Å². The van der Waals surface area contributed by atoms with E-state index in [1.54, 1.807) is 54.6 Å². The fraction of sp³-hybridized carbons (Fsp3) is 0. The van der Waals surface area contributed by atoms with Crippen LogP contribution < -0.4 is 15.7 Å². The van der Waals surface area contributed by atoms with Crippen LogP contribution in [-0.4, -0.2) is 17.8 Å². The minimum atomic E-state index is -1.35. The van der Waals surface area contributed by atoms with Crippen molar-refractivity contribution in [2.45, 2.75) is 0 Å². The standard InChI is InChI=1S/C23H17BrN2O4/c24-18-10-4-8-16(13-18)21(27)26-20(12-15-6-2-1-3-7-15)22(28)25-19-11-5-9-17(14-19)23(29)30/h1-14H,(H,25,28)(H,26,27)(H,29,30)/p-1/b20-12-. The number of hydrogen-bond donors (Lipinski definition) is 2. The van der Waals surface area contributed by atoms with Gasteiger partial charge in [0.05, 0.1) is 5.97 Å². The van der Waals surface area contributed by atoms with Crippen molar-refractivity contribution in [2.75, 3.05) is 5.32 Å². The van der Waals surface area contributed by atoms with Crippen LogP contribution in [0, 0.1) is 0 Å². The van der Waals surface area contributed by atoms with Gasteiger partial charge < -0.3 is 20.5 Å². The summed E-state index contributed by atoms with van der Waals surface area (Å²) in [4.78, 5) is 36.6. The minimum absolute atomic E-state index is 0.00466. The van der Waals surface area contributed by atoms with Crippen LogP contribution in [0.3, 0.4) is 0 Å². The van der Waals surface area contributed by atoms with Crippen molar-refractivity contribution < 1.29 is 19.5 Å². The van der Waals surface area contributed by atoms with Gasteiger partial charge in [-0.15, -0.1) is 0 Å². The molecule has 0 heterocycles. The van der Waals surface area contributed by atoms with Crippen molar-refractivity contribution in [2.24, 2.45) is 0 Å². The fourth-order valence-corrected chi connectivity index (χ4v) is 3.02. The zero-order chi connectivity index (χ0) is 21.5. The largest absolute Gasteiger partial charge is 0.545 e. The highest BCUT2D eigenvalue weighted by Crippen LogP contribution is 2.15. The number of halogens is 1. The van der Waals surface area contributed by atoms with E-state index in [1.807, 2.05) is 6.07 Å². The number of carboxylic acid groups (broad SMARTS) is 1. The molecule has 0 aromatic heterocycles. The Hall–Kier alpha value is -3.71. The highest BCUT2D eigenvalue weighted by atomic mass is 79.9. The molecule has 0 bridgehead atoms. The highest BCUT2D eigenvalue weighted by Gasteiger charge is 2.15. The highest BCUT2D eigenvalue weighted by molar-refractivity contribution is 9.10. The van der Waals surface area contributed by atoms with Gasteiger partial charge in [-0.05, 0) is 47.5 Å².